The molecule has 0 saturated heterocycles. The molecule has 0 amide bonds. The van der Waals surface area contributed by atoms with Crippen LogP contribution in [0.1, 0.15) is 11.7 Å². The Kier molecular flexibility index (Phi) is 2.90. The molecule has 1 heterocycles. The van der Waals surface area contributed by atoms with Crippen LogP contribution in [0.3, 0.4) is 0 Å². The molecule has 2 rings (SSSR count). The maximum atomic E-state index is 13.8. The lowest BCUT2D eigenvalue weighted by Gasteiger charge is -2.20. The first kappa shape index (κ1) is 12.9. The smallest absolute Gasteiger partial charge is 0.271 e. The van der Waals surface area contributed by atoms with Crippen LogP contribution in [0.25, 0.3) is 0 Å². The lowest BCUT2D eigenvalue weighted by atomic mass is 9.98. The molecule has 1 aliphatic rings. The maximum Gasteiger partial charge on any atom is 0.345 e. The predicted octanol–water partition coefficient (Wildman–Crippen LogP) is 0.436. The highest BCUT2D eigenvalue weighted by atomic mass is 19.1. The van der Waals surface area contributed by atoms with Crippen molar-refractivity contribution in [2.24, 2.45) is 0 Å². The fraction of sp³-hybridized carbons (Fsp3) is 0.273. The van der Waals surface area contributed by atoms with E-state index in [9.17, 15) is 18.4 Å². The standard InChI is InChI=1S/C11H8F2N4O2/c1-6-9(18)15-10(19)17(16-6)8-2-3-11(13,5-14)4-7(8)12/h2-4,8H,1H3,(H,15,18,19). The van der Waals surface area contributed by atoms with E-state index < -0.39 is 28.8 Å². The molecule has 1 aromatic heterocycles. The molecule has 0 saturated carbocycles. The zero-order valence-corrected chi connectivity index (χ0v) is 9.72. The number of aromatic nitrogens is 3. The monoisotopic (exact) mass is 266 g/mol. The van der Waals surface area contributed by atoms with Gasteiger partial charge >= 0.3 is 5.69 Å². The first-order valence-electron chi connectivity index (χ1n) is 5.24. The molecule has 1 N–H and O–H groups in total. The Labute approximate surface area is 105 Å². The molecule has 6 nitrogen and oxygen atoms in total. The highest BCUT2D eigenvalue weighted by Crippen LogP contribution is 2.30. The van der Waals surface area contributed by atoms with Gasteiger partial charge in [0, 0.05) is 6.08 Å². The topological polar surface area (TPSA) is 91.5 Å². The average molecular weight is 266 g/mol. The van der Waals surface area contributed by atoms with Crippen molar-refractivity contribution in [3.63, 3.8) is 0 Å². The Morgan fingerprint density at radius 3 is 2.84 bits per heavy atom. The summed E-state index contributed by atoms with van der Waals surface area (Å²) in [7, 11) is 0. The van der Waals surface area contributed by atoms with Gasteiger partial charge in [-0.2, -0.15) is 10.4 Å². The number of aryl methyl sites for hydroxylation is 1. The van der Waals surface area contributed by atoms with E-state index in [1.54, 1.807) is 0 Å². The highest BCUT2D eigenvalue weighted by molar-refractivity contribution is 5.34. The van der Waals surface area contributed by atoms with E-state index in [1.807, 2.05) is 4.98 Å². The van der Waals surface area contributed by atoms with Crippen molar-refractivity contribution < 1.29 is 8.78 Å². The number of rotatable bonds is 1. The van der Waals surface area contributed by atoms with Crippen LogP contribution in [0.2, 0.25) is 0 Å². The van der Waals surface area contributed by atoms with Crippen LogP contribution in [0.5, 0.6) is 0 Å². The number of H-pyrrole nitrogens is 1. The number of nitrogens with zero attached hydrogens (tertiary/aromatic N) is 3. The molecule has 2 unspecified atom stereocenters. The molecule has 0 fully saturated rings. The van der Waals surface area contributed by atoms with Crippen molar-refractivity contribution in [3.05, 3.63) is 50.6 Å². The first-order valence-corrected chi connectivity index (χ1v) is 5.24. The maximum absolute atomic E-state index is 13.8. The van der Waals surface area contributed by atoms with Gasteiger partial charge in [0.2, 0.25) is 5.67 Å². The number of hydrogen-bond donors (Lipinski definition) is 1. The van der Waals surface area contributed by atoms with Crippen LogP contribution in [0, 0.1) is 18.3 Å². The Balaban J connectivity index is 2.53. The van der Waals surface area contributed by atoms with E-state index in [0.29, 0.717) is 10.8 Å². The van der Waals surface area contributed by atoms with E-state index in [-0.39, 0.29) is 5.69 Å². The van der Waals surface area contributed by atoms with E-state index in [4.69, 9.17) is 5.26 Å². The fourth-order valence-electron chi connectivity index (χ4n) is 1.61. The molecule has 2 atom stereocenters. The van der Waals surface area contributed by atoms with Crippen molar-refractivity contribution >= 4 is 0 Å². The minimum absolute atomic E-state index is 0.0295. The van der Waals surface area contributed by atoms with Crippen molar-refractivity contribution in [2.75, 3.05) is 0 Å². The van der Waals surface area contributed by atoms with E-state index in [2.05, 4.69) is 5.10 Å². The molecule has 98 valence electrons. The summed E-state index contributed by atoms with van der Waals surface area (Å²) in [6.07, 6.45) is 2.30. The van der Waals surface area contributed by atoms with Gasteiger partial charge in [0.05, 0.1) is 0 Å². The number of allylic oxidation sites excluding steroid dienone is 4. The van der Waals surface area contributed by atoms with Crippen molar-refractivity contribution in [3.8, 4) is 6.07 Å². The lowest BCUT2D eigenvalue weighted by Crippen LogP contribution is -2.37. The predicted molar refractivity (Wildman–Crippen MR) is 60.7 cm³/mol. The summed E-state index contributed by atoms with van der Waals surface area (Å²) < 4.78 is 28.0. The van der Waals surface area contributed by atoms with Gasteiger partial charge in [-0.15, -0.1) is 0 Å². The molecule has 0 bridgehead atoms. The summed E-state index contributed by atoms with van der Waals surface area (Å²) in [6.45, 7) is 1.34. The van der Waals surface area contributed by atoms with Crippen molar-refractivity contribution in [1.29, 1.82) is 5.26 Å². The quantitative estimate of drug-likeness (QED) is 0.746. The molecule has 19 heavy (non-hydrogen) atoms. The van der Waals surface area contributed by atoms with Crippen LogP contribution in [-0.2, 0) is 0 Å². The number of halogens is 2. The zero-order valence-electron chi connectivity index (χ0n) is 9.72. The van der Waals surface area contributed by atoms with E-state index in [0.717, 1.165) is 12.2 Å². The summed E-state index contributed by atoms with van der Waals surface area (Å²) in [6, 6.07) is 0.00484. The van der Waals surface area contributed by atoms with Gasteiger partial charge in [0.25, 0.3) is 5.56 Å². The minimum Gasteiger partial charge on any atom is -0.271 e. The largest absolute Gasteiger partial charge is 0.345 e. The zero-order chi connectivity index (χ0) is 14.2. The lowest BCUT2D eigenvalue weighted by molar-refractivity contribution is 0.345. The second-order valence-corrected chi connectivity index (χ2v) is 4.00. The Bertz CT molecular complexity index is 740. The van der Waals surface area contributed by atoms with Gasteiger partial charge in [-0.1, -0.05) is 6.08 Å². The third-order valence-corrected chi connectivity index (χ3v) is 2.60. The number of hydrogen-bond acceptors (Lipinski definition) is 4. The van der Waals surface area contributed by atoms with Gasteiger partial charge < -0.3 is 0 Å². The van der Waals surface area contributed by atoms with Crippen LogP contribution >= 0.6 is 0 Å². The van der Waals surface area contributed by atoms with Gasteiger partial charge in [-0.05, 0) is 13.0 Å². The molecule has 0 radical (unpaired) electrons. The number of aromatic amines is 1. The van der Waals surface area contributed by atoms with Gasteiger partial charge in [0.1, 0.15) is 23.6 Å². The third kappa shape index (κ3) is 2.22. The third-order valence-electron chi connectivity index (χ3n) is 2.60. The fourth-order valence-corrected chi connectivity index (χ4v) is 1.61. The second-order valence-electron chi connectivity index (χ2n) is 4.00. The van der Waals surface area contributed by atoms with Crippen molar-refractivity contribution in [1.82, 2.24) is 14.8 Å². The van der Waals surface area contributed by atoms with E-state index >= 15 is 0 Å². The Morgan fingerprint density at radius 1 is 1.58 bits per heavy atom. The van der Waals surface area contributed by atoms with Crippen LogP contribution < -0.4 is 11.2 Å². The molecule has 1 aliphatic carbocycles. The summed E-state index contributed by atoms with van der Waals surface area (Å²) in [5, 5.41) is 12.2. The van der Waals surface area contributed by atoms with Gasteiger partial charge in [0.15, 0.2) is 0 Å². The number of nitriles is 1. The number of alkyl halides is 1. The van der Waals surface area contributed by atoms with Gasteiger partial charge in [-0.25, -0.2) is 18.3 Å². The normalized spacial score (nSPS) is 25.8. The Morgan fingerprint density at radius 2 is 2.26 bits per heavy atom. The van der Waals surface area contributed by atoms with Crippen LogP contribution in [0.4, 0.5) is 8.78 Å². The molecule has 1 aromatic rings. The molecule has 0 aliphatic heterocycles. The van der Waals surface area contributed by atoms with Gasteiger partial charge in [-0.3, -0.25) is 9.78 Å². The summed E-state index contributed by atoms with van der Waals surface area (Å²) >= 11 is 0. The van der Waals surface area contributed by atoms with Crippen LogP contribution in [-0.4, -0.2) is 20.4 Å². The van der Waals surface area contributed by atoms with E-state index in [1.165, 1.54) is 13.0 Å². The second kappa shape index (κ2) is 4.28. The first-order chi connectivity index (χ1) is 8.86. The summed E-state index contributed by atoms with van der Waals surface area (Å²) in [5.74, 6) is -1.03. The molecule has 8 heteroatoms. The molecule has 0 aromatic carbocycles. The molecular formula is C11H8F2N4O2. The minimum atomic E-state index is -2.54. The van der Waals surface area contributed by atoms with Crippen LogP contribution in [0.15, 0.2) is 33.6 Å². The molecule has 0 spiro atoms. The van der Waals surface area contributed by atoms with Crippen molar-refractivity contribution in [2.45, 2.75) is 18.6 Å². The average Bonchev–Trinajstić information content (AvgIpc) is 2.35. The SMILES string of the molecule is Cc1nn(C2C=CC(F)(C#N)C=C2F)c(=O)[nH]c1=O. The summed E-state index contributed by atoms with van der Waals surface area (Å²) in [4.78, 5) is 24.6. The number of nitrogens with one attached hydrogen (secondary N) is 1. The summed E-state index contributed by atoms with van der Waals surface area (Å²) in [5.41, 5.74) is -4.17. The highest BCUT2D eigenvalue weighted by Gasteiger charge is 2.32. The Hall–Kier alpha value is -2.56. The molecular weight excluding hydrogens is 258 g/mol.